The number of likely N-dealkylation sites (tertiary alicyclic amines) is 2. The van der Waals surface area contributed by atoms with Gasteiger partial charge in [-0.2, -0.15) is 0 Å². The van der Waals surface area contributed by atoms with Crippen molar-refractivity contribution in [3.63, 3.8) is 0 Å². The molecule has 4 aromatic rings. The number of aromatic amines is 2. The van der Waals surface area contributed by atoms with E-state index < -0.39 is 12.1 Å². The summed E-state index contributed by atoms with van der Waals surface area (Å²) >= 11 is 1.98. The van der Waals surface area contributed by atoms with Gasteiger partial charge in [-0.25, -0.2) is 14.8 Å². The minimum atomic E-state index is -0.573. The highest BCUT2D eigenvalue weighted by Crippen LogP contribution is 2.62. The SMILES string of the molecule is CCC.CN1CCCC1c1nc2ccc(C3=CCC(c4ccc(-c5cnc([C@@H]6CCCN6C)[nH]5)s4)C4=C3C3(CCC4)CCC3)cc2[nH]1.CNCC=O.COC(=O)NC(C=O)C(C)C.O=CO. The number of carboxylic acid groups (broad SMARTS) is 1. The Balaban J connectivity index is 0.000000312. The predicted octanol–water partition coefficient (Wildman–Crippen LogP) is 9.86. The van der Waals surface area contributed by atoms with Crippen molar-refractivity contribution in [3.05, 3.63) is 75.8 Å². The van der Waals surface area contributed by atoms with Crippen molar-refractivity contribution < 1.29 is 29.0 Å². The van der Waals surface area contributed by atoms with E-state index in [1.807, 2.05) is 25.2 Å². The molecule has 1 saturated carbocycles. The number of nitrogens with zero attached hydrogens (tertiary/aromatic N) is 4. The maximum absolute atomic E-state index is 10.6. The van der Waals surface area contributed by atoms with Gasteiger partial charge in [0.15, 0.2) is 0 Å². The Kier molecular flexibility index (Phi) is 19.9. The number of alkyl carbamates (subject to hydrolysis) is 1. The highest BCUT2D eigenvalue weighted by Gasteiger charge is 2.47. The van der Waals surface area contributed by atoms with Crippen LogP contribution in [0.3, 0.4) is 0 Å². The number of rotatable bonds is 10. The van der Waals surface area contributed by atoms with Crippen LogP contribution in [0.15, 0.2) is 53.8 Å². The fraction of sp³-hybridized carbons (Fsp3) is 0.569. The first kappa shape index (κ1) is 52.0. The minimum absolute atomic E-state index is 0.0894. The summed E-state index contributed by atoms with van der Waals surface area (Å²) in [7, 11) is 7.44. The number of thiophene rings is 1. The summed E-state index contributed by atoms with van der Waals surface area (Å²) in [6, 6.07) is 12.1. The van der Waals surface area contributed by atoms with Crippen LogP contribution >= 0.6 is 11.3 Å². The molecule has 4 atom stereocenters. The molecule has 5 heterocycles. The van der Waals surface area contributed by atoms with Crippen LogP contribution in [0.25, 0.3) is 27.2 Å². The Bertz CT molecular complexity index is 2260. The average Bonchev–Trinajstić information content (AvgIpc) is 4.16. The summed E-state index contributed by atoms with van der Waals surface area (Å²) in [5, 5.41) is 11.9. The maximum Gasteiger partial charge on any atom is 0.407 e. The number of allylic oxidation sites excluding steroid dienone is 4. The third-order valence-corrected chi connectivity index (χ3v) is 14.7. The van der Waals surface area contributed by atoms with Gasteiger partial charge in [-0.1, -0.05) is 58.3 Å². The number of imidazole rings is 2. The molecule has 0 bridgehead atoms. The van der Waals surface area contributed by atoms with Gasteiger partial charge in [-0.05, 0) is 151 Å². The number of methoxy groups -OCH3 is 1. The molecule has 1 amide bonds. The van der Waals surface area contributed by atoms with E-state index in [1.165, 1.54) is 110 Å². The highest BCUT2D eigenvalue weighted by atomic mass is 32.1. The van der Waals surface area contributed by atoms with Crippen LogP contribution in [0.2, 0.25) is 0 Å². The van der Waals surface area contributed by atoms with E-state index in [0.29, 0.717) is 36.2 Å². The topological polar surface area (TPSA) is 186 Å². The van der Waals surface area contributed by atoms with E-state index in [1.54, 1.807) is 18.2 Å². The van der Waals surface area contributed by atoms with Gasteiger partial charge in [0.05, 0.1) is 59.6 Å². The number of amides is 1. The second-order valence-electron chi connectivity index (χ2n) is 18.4. The van der Waals surface area contributed by atoms with Crippen LogP contribution in [0.5, 0.6) is 0 Å². The summed E-state index contributed by atoms with van der Waals surface area (Å²) in [5.41, 5.74) is 10.2. The van der Waals surface area contributed by atoms with Crippen LogP contribution < -0.4 is 10.6 Å². The predicted molar refractivity (Wildman–Crippen MR) is 265 cm³/mol. The van der Waals surface area contributed by atoms with E-state index in [4.69, 9.17) is 19.9 Å². The number of likely N-dealkylation sites (N-methyl/N-ethyl adjacent to an activating group) is 1. The number of hydrogen-bond acceptors (Lipinski definition) is 11. The molecule has 15 heteroatoms. The third kappa shape index (κ3) is 12.5. The number of nitrogens with one attached hydrogen (secondary N) is 4. The minimum Gasteiger partial charge on any atom is -0.483 e. The van der Waals surface area contributed by atoms with Gasteiger partial charge in [0.25, 0.3) is 6.47 Å². The Morgan fingerprint density at radius 2 is 1.65 bits per heavy atom. The van der Waals surface area contributed by atoms with E-state index in [-0.39, 0.29) is 12.4 Å². The number of ether oxygens (including phenoxy) is 1. The molecule has 5 aliphatic rings. The van der Waals surface area contributed by atoms with E-state index in [2.05, 4.69) is 106 Å². The largest absolute Gasteiger partial charge is 0.483 e. The van der Waals surface area contributed by atoms with Crippen molar-refractivity contribution >= 4 is 53.1 Å². The summed E-state index contributed by atoms with van der Waals surface area (Å²) in [6.45, 7) is 10.5. The smallest absolute Gasteiger partial charge is 0.407 e. The van der Waals surface area contributed by atoms with Crippen molar-refractivity contribution in [2.24, 2.45) is 11.3 Å². The molecule has 1 aromatic carbocycles. The van der Waals surface area contributed by atoms with Gasteiger partial charge < -0.3 is 40.0 Å². The van der Waals surface area contributed by atoms with Crippen LogP contribution in [-0.4, -0.2) is 114 Å². The van der Waals surface area contributed by atoms with E-state index >= 15 is 0 Å². The lowest BCUT2D eigenvalue weighted by atomic mass is 9.53. The molecule has 360 valence electrons. The first-order chi connectivity index (χ1) is 31.9. The molecule has 5 N–H and O–H groups in total. The number of fused-ring (bicyclic) bond motifs is 2. The lowest BCUT2D eigenvalue weighted by Crippen LogP contribution is -2.39. The molecule has 3 aliphatic carbocycles. The zero-order valence-corrected chi connectivity index (χ0v) is 41.3. The van der Waals surface area contributed by atoms with Crippen LogP contribution in [0.1, 0.15) is 145 Å². The van der Waals surface area contributed by atoms with E-state index in [0.717, 1.165) is 43.0 Å². The summed E-state index contributed by atoms with van der Waals surface area (Å²) < 4.78 is 4.32. The normalized spacial score (nSPS) is 21.3. The number of H-pyrrole nitrogens is 2. The number of hydrogen-bond donors (Lipinski definition) is 5. The lowest BCUT2D eigenvalue weighted by molar-refractivity contribution is -0.123. The van der Waals surface area contributed by atoms with Crippen LogP contribution in [0.4, 0.5) is 4.79 Å². The standard InChI is InChI=1S/C37H44N6S.C7H13NO3.C3H7NO.C3H8.CH2O2/c1-42-19-4-8-30(42)35-38-22-29(41-35)33-15-14-32(44-33)25-12-11-24(34-26(25)7-3-16-37(34)17-6-18-37)23-10-13-27-28(21-23)40-36(39-27)31-9-5-20-43(31)2;1-5(2)6(4-9)8-7(10)11-3;1-4-2-3-5;1-3-2;2-1-3/h10-11,13-15,21-22,25,30-31H,3-9,12,16-20H2,1-2H3,(H,38,41)(H,39,40);4-6H,1-3H3,(H,8,10);3-4H,2H2,1H3;3H2,1-2H3;1H,(H,2,3)/t25?,30-,31?;;;;/m0..../s1. The van der Waals surface area contributed by atoms with Gasteiger partial charge in [0.1, 0.15) is 24.2 Å². The molecule has 3 unspecified atom stereocenters. The van der Waals surface area contributed by atoms with Crippen LogP contribution in [-0.2, 0) is 19.1 Å². The summed E-state index contributed by atoms with van der Waals surface area (Å²) in [4.78, 5) is 63.6. The molecule has 3 fully saturated rings. The molecule has 2 saturated heterocycles. The molecular formula is C51H74N8O6S. The zero-order valence-electron chi connectivity index (χ0n) is 40.5. The molecule has 3 aromatic heterocycles. The van der Waals surface area contributed by atoms with Crippen molar-refractivity contribution in [1.82, 2.24) is 40.4 Å². The molecule has 66 heavy (non-hydrogen) atoms. The maximum atomic E-state index is 10.6. The van der Waals surface area contributed by atoms with Crippen molar-refractivity contribution in [3.8, 4) is 10.6 Å². The average molecular weight is 927 g/mol. The Morgan fingerprint density at radius 1 is 0.985 bits per heavy atom. The number of carbonyl (C=O) groups excluding carboxylic acids is 3. The first-order valence-electron chi connectivity index (χ1n) is 23.9. The van der Waals surface area contributed by atoms with E-state index in [9.17, 15) is 14.4 Å². The van der Waals surface area contributed by atoms with Crippen molar-refractivity contribution in [2.45, 2.75) is 129 Å². The Morgan fingerprint density at radius 3 is 2.20 bits per heavy atom. The number of aromatic nitrogens is 4. The van der Waals surface area contributed by atoms with Gasteiger partial charge in [-0.15, -0.1) is 11.3 Å². The second-order valence-corrected chi connectivity index (χ2v) is 19.5. The summed E-state index contributed by atoms with van der Waals surface area (Å²) in [6.07, 6.45) is 20.8. The molecule has 2 aliphatic heterocycles. The molecule has 14 nitrogen and oxygen atoms in total. The Labute approximate surface area is 395 Å². The monoisotopic (exact) mass is 927 g/mol. The molecule has 0 radical (unpaired) electrons. The second kappa shape index (κ2) is 25.3. The van der Waals surface area contributed by atoms with Crippen molar-refractivity contribution in [2.75, 3.05) is 47.9 Å². The number of carbonyl (C=O) groups is 4. The van der Waals surface area contributed by atoms with Gasteiger partial charge in [-0.3, -0.25) is 14.6 Å². The van der Waals surface area contributed by atoms with Gasteiger partial charge >= 0.3 is 6.09 Å². The molecular weight excluding hydrogens is 853 g/mol. The number of benzene rings is 1. The lowest BCUT2D eigenvalue weighted by Gasteiger charge is -2.51. The highest BCUT2D eigenvalue weighted by molar-refractivity contribution is 7.15. The third-order valence-electron chi connectivity index (χ3n) is 13.4. The zero-order chi connectivity index (χ0) is 47.8. The van der Waals surface area contributed by atoms with Crippen LogP contribution in [0, 0.1) is 11.3 Å². The number of aldehydes is 2. The van der Waals surface area contributed by atoms with Gasteiger partial charge in [0, 0.05) is 10.8 Å². The Hall–Kier alpha value is -4.96. The van der Waals surface area contributed by atoms with Crippen molar-refractivity contribution in [1.29, 1.82) is 0 Å². The fourth-order valence-electron chi connectivity index (χ4n) is 9.97. The first-order valence-corrected chi connectivity index (χ1v) is 24.7. The molecule has 9 rings (SSSR count). The molecule has 1 spiro atoms. The fourth-order valence-corrected chi connectivity index (χ4v) is 11.1. The van der Waals surface area contributed by atoms with Gasteiger partial charge in [0.2, 0.25) is 0 Å². The summed E-state index contributed by atoms with van der Waals surface area (Å²) in [5.74, 6) is 2.85. The quantitative estimate of drug-likeness (QED) is 0.0954.